The Morgan fingerprint density at radius 2 is 1.09 bits per heavy atom. The maximum atomic E-state index is 17.4. The predicted octanol–water partition coefficient (Wildman–Crippen LogP) is 2.89. The maximum Gasteiger partial charge on any atom is 0.330 e. The molecule has 0 radical (unpaired) electrons. The number of nitrogens with two attached hydrogens (primary N) is 1. The highest BCUT2D eigenvalue weighted by Gasteiger charge is 2.53. The minimum absolute atomic E-state index is 0.00902. The van der Waals surface area contributed by atoms with E-state index in [1.165, 1.54) is 61.3 Å². The highest BCUT2D eigenvalue weighted by Crippen LogP contribution is 2.52. The lowest BCUT2D eigenvalue weighted by molar-refractivity contribution is -0.284. The first-order valence-electron chi connectivity index (χ1n) is 45.0. The number of hydrogen-bond acceptors (Lipinski definition) is 35. The van der Waals surface area contributed by atoms with E-state index in [4.69, 9.17) is 68.8 Å². The number of aliphatic carboxylic acids is 1. The number of phenolic OH excluding ortho intramolecular Hbond substituents is 4. The Balaban J connectivity index is 0.981. The number of nitrogens with one attached hydrogen (secondary N) is 8. The van der Waals surface area contributed by atoms with Crippen molar-refractivity contribution in [1.29, 1.82) is 0 Å². The fourth-order valence-corrected chi connectivity index (χ4v) is 18.2. The van der Waals surface area contributed by atoms with Crippen LogP contribution in [0.25, 0.3) is 33.4 Å². The third kappa shape index (κ3) is 21.2. The van der Waals surface area contributed by atoms with Crippen molar-refractivity contribution in [3.05, 3.63) is 190 Å². The topological polar surface area (TPSA) is 689 Å². The zero-order valence-electron chi connectivity index (χ0n) is 75.1. The van der Waals surface area contributed by atoms with Gasteiger partial charge in [0.15, 0.2) is 35.3 Å². The van der Waals surface area contributed by atoms with Gasteiger partial charge in [0.2, 0.25) is 65.6 Å². The molecule has 3 saturated heterocycles. The molecule has 748 valence electrons. The van der Waals surface area contributed by atoms with Crippen molar-refractivity contribution in [1.82, 2.24) is 42.5 Å². The standard InChI is InChI=1S/C96H102ClN9O35/c1-38(2)8-6-4-5-7-9-67(115)101-76-82(120)79(117)65(34-108)138-95(76)141-86-62-27-46-28-63(86)135-59-17-13-43(25-53(59)97)85(140-94-75(99-39(3)110)81(119)78(116)64(33-107)137-94)77-92(128)105-74(93(129)130)51-29-47(111)30-61(136-96-84(122)83(121)80(118)66(35-109)139-96)69(51)50-24-42(12-14-55(50)112)71(89(125)106-77)102-90(126)72(46)103-91(127)73-52-31-48(32-57(114)68(52)45-19-21-132-37-45)133-60-26-41(11-15-56(60)113)70(98)88(124)100-54(87(123)104-73)23-40-10-16-58(134-62)49(22-40)44-18-20-131-36-44/h10-22,24-32,36-38,54,64-66,70-85,94-96,107-109,111-114,116-122H,4-9,23,33-35,98H2,1-3H3,(H,99,110)(H,100,124)(H,101,115)(H,102,126)(H,103,127)(H,104,123)(H,105,128)(H,106,125)(H,129,130)/t54-,64-,65-,66-,70-,71-,72-,73+,74+,75-,76-,77+,78-,79-,80-,81-,82-,83+,84+,85-,94+,95+,96+/m1/s1. The second kappa shape index (κ2) is 42.3. The van der Waals surface area contributed by atoms with E-state index in [1.54, 1.807) is 0 Å². The molecule has 0 unspecified atom stereocenters. The van der Waals surface area contributed by atoms with E-state index in [1.807, 2.05) is 0 Å². The van der Waals surface area contributed by atoms with Crippen molar-refractivity contribution in [3.8, 4) is 102 Å². The molecule has 0 aliphatic carbocycles. The van der Waals surface area contributed by atoms with Crippen molar-refractivity contribution in [2.24, 2.45) is 11.7 Å². The second-order valence-electron chi connectivity index (χ2n) is 35.4. The molecule has 9 aliphatic heterocycles. The molecule has 7 aromatic carbocycles. The maximum absolute atomic E-state index is 17.4. The molecule has 11 heterocycles. The largest absolute Gasteiger partial charge is 0.508 e. The summed E-state index contributed by atoms with van der Waals surface area (Å²) >= 11 is 7.57. The number of halogens is 1. The van der Waals surface area contributed by atoms with Crippen molar-refractivity contribution in [2.45, 2.75) is 206 Å². The number of aliphatic hydroxyl groups excluding tert-OH is 10. The zero-order chi connectivity index (χ0) is 101. The number of carbonyl (C=O) groups is 9. The molecule has 25 N–H and O–H groups in total. The van der Waals surface area contributed by atoms with E-state index in [-0.39, 0.29) is 51.3 Å². The number of carboxylic acids is 1. The van der Waals surface area contributed by atoms with Crippen molar-refractivity contribution >= 4 is 64.8 Å². The minimum Gasteiger partial charge on any atom is -0.508 e. The predicted molar refractivity (Wildman–Crippen MR) is 483 cm³/mol. The highest BCUT2D eigenvalue weighted by molar-refractivity contribution is 6.32. The van der Waals surface area contributed by atoms with Gasteiger partial charge in [-0.3, -0.25) is 38.4 Å². The normalized spacial score (nSPS) is 27.8. The Labute approximate surface area is 805 Å². The Morgan fingerprint density at radius 1 is 0.496 bits per heavy atom. The Morgan fingerprint density at radius 3 is 1.75 bits per heavy atom. The second-order valence-corrected chi connectivity index (χ2v) is 35.8. The molecule has 18 rings (SSSR count). The highest BCUT2D eigenvalue weighted by atomic mass is 35.5. The van der Waals surface area contributed by atoms with Gasteiger partial charge >= 0.3 is 5.97 Å². The summed E-state index contributed by atoms with van der Waals surface area (Å²) in [5, 5.41) is 193. The Bertz CT molecular complexity index is 6210. The van der Waals surface area contributed by atoms with Crippen LogP contribution in [-0.4, -0.2) is 254 Å². The quantitative estimate of drug-likeness (QED) is 0.0460. The van der Waals surface area contributed by atoms with E-state index < -0.39 is 321 Å². The molecular formula is C96H102ClN9O35. The van der Waals surface area contributed by atoms with Crippen LogP contribution in [0, 0.1) is 5.92 Å². The summed E-state index contributed by atoms with van der Waals surface area (Å²) in [7, 11) is 0. The third-order valence-electron chi connectivity index (χ3n) is 25.3. The number of phenols is 4. The van der Waals surface area contributed by atoms with Gasteiger partial charge in [-0.1, -0.05) is 75.4 Å². The number of carbonyl (C=O) groups excluding carboxylic acids is 8. The van der Waals surface area contributed by atoms with Crippen LogP contribution in [-0.2, 0) is 68.5 Å². The molecule has 45 heteroatoms. The van der Waals surface area contributed by atoms with Crippen LogP contribution in [0.1, 0.15) is 135 Å². The number of furan rings is 2. The summed E-state index contributed by atoms with van der Waals surface area (Å²) in [6.45, 7) is 1.94. The first-order chi connectivity index (χ1) is 67.4. The molecule has 17 bridgehead atoms. The number of hydrogen-bond donors (Lipinski definition) is 24. The van der Waals surface area contributed by atoms with Gasteiger partial charge in [-0.15, -0.1) is 0 Å². The fourth-order valence-electron chi connectivity index (χ4n) is 17.9. The van der Waals surface area contributed by atoms with Crippen LogP contribution in [0.15, 0.2) is 155 Å². The molecule has 8 amide bonds. The SMILES string of the molecule is CC(=O)N[C@H]1[C@H](O[C@@H]2c3ccc(c(Cl)c3)Oc3cc4cc(c3O[C@@H]3O[C@H](CO)[C@@H](O)[C@H](O)[C@H]3NC(=O)CCCCCCC(C)C)Oc3ccc(cc3-c3ccoc3)C[C@H]3NC(=O)[C@H](N)c5ccc(O)c(c5)Oc5cc(O)c(-c6ccoc6)c(c5)[C@H](NC3=O)C(=O)N[C@H]4C(=O)N[C@H]3C(=O)N[C@@H]2C(=O)N[C@H](C(=O)O)c2cc(O)cc(O[C@H]4O[C@H](CO)[C@@H](O)[C@H](O)[C@@H]4O)c2-c2cc3ccc2O)O[C@H](CO)[C@@H](O)[C@@H]1O. The molecule has 23 atom stereocenters. The van der Waals surface area contributed by atoms with Gasteiger partial charge in [-0.25, -0.2) is 4.79 Å². The van der Waals surface area contributed by atoms with Crippen LogP contribution < -0.4 is 72.0 Å². The van der Waals surface area contributed by atoms with Crippen LogP contribution in [0.2, 0.25) is 5.02 Å². The van der Waals surface area contributed by atoms with E-state index in [0.29, 0.717) is 18.8 Å². The van der Waals surface area contributed by atoms with Gasteiger partial charge in [0.25, 0.3) is 0 Å². The number of rotatable bonds is 21. The van der Waals surface area contributed by atoms with Crippen molar-refractivity contribution in [2.75, 3.05) is 19.8 Å². The summed E-state index contributed by atoms with van der Waals surface area (Å²) < 4.78 is 69.8. The summed E-state index contributed by atoms with van der Waals surface area (Å²) in [6, 6.07) is 2.69. The van der Waals surface area contributed by atoms with Crippen LogP contribution in [0.5, 0.6) is 69.0 Å². The van der Waals surface area contributed by atoms with Gasteiger partial charge in [-0.2, -0.15) is 0 Å². The molecular weight excluding hydrogens is 1870 g/mol. The first kappa shape index (κ1) is 100. The summed E-state index contributed by atoms with van der Waals surface area (Å²) in [5.74, 6) is -19.3. The first-order valence-corrected chi connectivity index (χ1v) is 45.3. The molecule has 0 saturated carbocycles. The molecule has 0 spiro atoms. The number of amides is 8. The third-order valence-corrected chi connectivity index (χ3v) is 25.6. The number of unbranched alkanes of at least 4 members (excludes halogenated alkanes) is 3. The van der Waals surface area contributed by atoms with Crippen molar-refractivity contribution < 1.29 is 171 Å². The molecule has 3 fully saturated rings. The number of aliphatic hydroxyl groups is 10. The number of benzene rings is 7. The fraction of sp³-hybridized carbons (Fsp3) is 0.385. The molecule has 141 heavy (non-hydrogen) atoms. The van der Waals surface area contributed by atoms with Crippen molar-refractivity contribution in [3.63, 3.8) is 0 Å². The van der Waals surface area contributed by atoms with E-state index >= 15 is 24.0 Å². The summed E-state index contributed by atoms with van der Waals surface area (Å²) in [5.41, 5.74) is 2.85. The van der Waals surface area contributed by atoms with Gasteiger partial charge in [0, 0.05) is 70.8 Å². The van der Waals surface area contributed by atoms with Crippen LogP contribution in [0.3, 0.4) is 0 Å². The van der Waals surface area contributed by atoms with Gasteiger partial charge < -0.3 is 176 Å². The smallest absolute Gasteiger partial charge is 0.330 e. The van der Waals surface area contributed by atoms with Crippen LogP contribution >= 0.6 is 11.6 Å². The number of fused-ring (bicyclic) bond motifs is 14. The minimum atomic E-state index is -2.61. The average Bonchev–Trinajstić information content (AvgIpc) is 1.19. The van der Waals surface area contributed by atoms with Gasteiger partial charge in [0.1, 0.15) is 156 Å². The monoisotopic (exact) mass is 1980 g/mol. The molecule has 44 nitrogen and oxygen atoms in total. The van der Waals surface area contributed by atoms with Gasteiger partial charge in [0.05, 0.1) is 49.9 Å². The summed E-state index contributed by atoms with van der Waals surface area (Å²) in [4.78, 5) is 141. The molecule has 9 aliphatic rings. The van der Waals surface area contributed by atoms with E-state index in [2.05, 4.69) is 56.4 Å². The van der Waals surface area contributed by atoms with E-state index in [9.17, 15) is 95.8 Å². The lowest BCUT2D eigenvalue weighted by Gasteiger charge is -2.44. The van der Waals surface area contributed by atoms with Gasteiger partial charge in [-0.05, 0) is 131 Å². The zero-order valence-corrected chi connectivity index (χ0v) is 75.9. The lowest BCUT2D eigenvalue weighted by atomic mass is 9.89. The number of aromatic hydroxyl groups is 4. The Kier molecular flexibility index (Phi) is 30.1. The molecule has 9 aromatic rings. The average molecular weight is 1980 g/mol. The lowest BCUT2D eigenvalue weighted by Crippen LogP contribution is -2.65. The summed E-state index contributed by atoms with van der Waals surface area (Å²) in [6.07, 6.45) is -21.3. The number of ether oxygens (including phenoxy) is 9. The Hall–Kier alpha value is -13.8. The molecule has 2 aromatic heterocycles. The number of carboxylic acid groups (broad SMARTS) is 1. The van der Waals surface area contributed by atoms with Crippen LogP contribution in [0.4, 0.5) is 0 Å². The van der Waals surface area contributed by atoms with E-state index in [0.717, 1.165) is 111 Å².